The van der Waals surface area contributed by atoms with Crippen LogP contribution in [0.1, 0.15) is 22.8 Å². The molecule has 1 unspecified atom stereocenters. The number of carbonyl (C=O) groups excluding carboxylic acids is 1. The summed E-state index contributed by atoms with van der Waals surface area (Å²) >= 11 is 3.37. The third kappa shape index (κ3) is 3.55. The third-order valence-corrected chi connectivity index (χ3v) is 3.71. The number of rotatable bonds is 5. The van der Waals surface area contributed by atoms with E-state index >= 15 is 0 Å². The highest BCUT2D eigenvalue weighted by molar-refractivity contribution is 9.10. The van der Waals surface area contributed by atoms with E-state index in [1.165, 1.54) is 0 Å². The van der Waals surface area contributed by atoms with E-state index in [-0.39, 0.29) is 11.8 Å². The van der Waals surface area contributed by atoms with Crippen molar-refractivity contribution in [1.82, 2.24) is 4.90 Å². The zero-order chi connectivity index (χ0) is 13.8. The molecule has 100 valence electrons. The summed E-state index contributed by atoms with van der Waals surface area (Å²) in [6.07, 6.45) is 3.34. The van der Waals surface area contributed by atoms with Gasteiger partial charge in [-0.2, -0.15) is 0 Å². The van der Waals surface area contributed by atoms with Crippen LogP contribution in [0.25, 0.3) is 0 Å². The minimum absolute atomic E-state index is 0.124. The molecule has 0 saturated carbocycles. The minimum atomic E-state index is -0.170. The number of nitrogens with zero attached hydrogens (tertiary/aromatic N) is 1. The zero-order valence-electron chi connectivity index (χ0n) is 11.0. The molecule has 19 heavy (non-hydrogen) atoms. The van der Waals surface area contributed by atoms with Crippen molar-refractivity contribution >= 4 is 21.7 Å². The fraction of sp³-hybridized carbons (Fsp3) is 0.267. The van der Waals surface area contributed by atoms with Crippen molar-refractivity contribution in [2.24, 2.45) is 0 Å². The van der Waals surface area contributed by atoms with Crippen LogP contribution in [0.2, 0.25) is 0 Å². The molecule has 1 aromatic heterocycles. The van der Waals surface area contributed by atoms with Gasteiger partial charge in [0.1, 0.15) is 0 Å². The van der Waals surface area contributed by atoms with Crippen molar-refractivity contribution in [3.8, 4) is 0 Å². The molecule has 0 amide bonds. The predicted octanol–water partition coefficient (Wildman–Crippen LogP) is 3.75. The number of halogens is 1. The standard InChI is InChI=1S/C15H16BrNO2/c1-11(17(2)9-12-7-8-19-10-12)15(18)13-3-5-14(16)6-4-13/h3-8,10-11H,9H2,1-2H3. The number of carbonyl (C=O) groups is 1. The average molecular weight is 322 g/mol. The third-order valence-electron chi connectivity index (χ3n) is 3.18. The van der Waals surface area contributed by atoms with Gasteiger partial charge < -0.3 is 4.42 Å². The first-order valence-corrected chi connectivity index (χ1v) is 6.88. The van der Waals surface area contributed by atoms with E-state index in [0.29, 0.717) is 6.54 Å². The van der Waals surface area contributed by atoms with Crippen LogP contribution in [0.3, 0.4) is 0 Å². The van der Waals surface area contributed by atoms with Gasteiger partial charge in [-0.15, -0.1) is 0 Å². The van der Waals surface area contributed by atoms with Crippen LogP contribution in [0, 0.1) is 0 Å². The topological polar surface area (TPSA) is 33.5 Å². The molecule has 2 rings (SSSR count). The molecule has 3 nitrogen and oxygen atoms in total. The van der Waals surface area contributed by atoms with Crippen LogP contribution in [0.5, 0.6) is 0 Å². The maximum atomic E-state index is 12.3. The lowest BCUT2D eigenvalue weighted by molar-refractivity contribution is 0.0862. The average Bonchev–Trinajstić information content (AvgIpc) is 2.90. The molecule has 2 aromatic rings. The Balaban J connectivity index is 2.04. The highest BCUT2D eigenvalue weighted by atomic mass is 79.9. The van der Waals surface area contributed by atoms with Gasteiger partial charge >= 0.3 is 0 Å². The number of hydrogen-bond acceptors (Lipinski definition) is 3. The van der Waals surface area contributed by atoms with Gasteiger partial charge in [0.25, 0.3) is 0 Å². The van der Waals surface area contributed by atoms with Crippen LogP contribution in [-0.4, -0.2) is 23.8 Å². The van der Waals surface area contributed by atoms with Gasteiger partial charge in [-0.1, -0.05) is 28.1 Å². The quantitative estimate of drug-likeness (QED) is 0.786. The second kappa shape index (κ2) is 6.17. The van der Waals surface area contributed by atoms with E-state index in [9.17, 15) is 4.79 Å². The van der Waals surface area contributed by atoms with E-state index in [1.54, 1.807) is 12.5 Å². The smallest absolute Gasteiger partial charge is 0.179 e. The number of benzene rings is 1. The Labute approximate surface area is 121 Å². The first-order chi connectivity index (χ1) is 9.08. The summed E-state index contributed by atoms with van der Waals surface area (Å²) in [5, 5.41) is 0. The van der Waals surface area contributed by atoms with Gasteiger partial charge in [0.2, 0.25) is 0 Å². The van der Waals surface area contributed by atoms with Crippen LogP contribution < -0.4 is 0 Å². The van der Waals surface area contributed by atoms with Gasteiger partial charge in [-0.3, -0.25) is 9.69 Å². The molecular formula is C15H16BrNO2. The Bertz CT molecular complexity index is 534. The maximum Gasteiger partial charge on any atom is 0.179 e. The molecule has 0 saturated heterocycles. The maximum absolute atomic E-state index is 12.3. The highest BCUT2D eigenvalue weighted by Crippen LogP contribution is 2.15. The van der Waals surface area contributed by atoms with Crippen molar-refractivity contribution < 1.29 is 9.21 Å². The summed E-state index contributed by atoms with van der Waals surface area (Å²) in [4.78, 5) is 14.4. The van der Waals surface area contributed by atoms with Crippen molar-refractivity contribution in [2.75, 3.05) is 7.05 Å². The molecule has 0 aliphatic carbocycles. The van der Waals surface area contributed by atoms with Gasteiger partial charge in [0.05, 0.1) is 18.6 Å². The first kappa shape index (κ1) is 14.0. The first-order valence-electron chi connectivity index (χ1n) is 6.09. The summed E-state index contributed by atoms with van der Waals surface area (Å²) < 4.78 is 6.01. The molecule has 0 bridgehead atoms. The Morgan fingerprint density at radius 3 is 2.58 bits per heavy atom. The molecule has 0 N–H and O–H groups in total. The summed E-state index contributed by atoms with van der Waals surface area (Å²) in [6.45, 7) is 2.62. The SMILES string of the molecule is CC(C(=O)c1ccc(Br)cc1)N(C)Cc1ccoc1. The lowest BCUT2D eigenvalue weighted by Crippen LogP contribution is -2.35. The summed E-state index contributed by atoms with van der Waals surface area (Å²) in [7, 11) is 1.94. The largest absolute Gasteiger partial charge is 0.472 e. The summed E-state index contributed by atoms with van der Waals surface area (Å²) in [5.41, 5.74) is 1.80. The number of Topliss-reactive ketones (excluding diaryl/α,β-unsaturated/α-hetero) is 1. The number of likely N-dealkylation sites (N-methyl/N-ethyl adjacent to an activating group) is 1. The van der Waals surface area contributed by atoms with Crippen molar-refractivity contribution in [3.05, 3.63) is 58.5 Å². The normalized spacial score (nSPS) is 12.6. The second-order valence-electron chi connectivity index (χ2n) is 4.59. The van der Waals surface area contributed by atoms with Crippen LogP contribution in [0.15, 0.2) is 51.7 Å². The van der Waals surface area contributed by atoms with Crippen molar-refractivity contribution in [2.45, 2.75) is 19.5 Å². The van der Waals surface area contributed by atoms with E-state index in [0.717, 1.165) is 15.6 Å². The Kier molecular flexibility index (Phi) is 4.56. The molecule has 1 heterocycles. The molecule has 0 spiro atoms. The number of furan rings is 1. The van der Waals surface area contributed by atoms with Gasteiger partial charge in [0.15, 0.2) is 5.78 Å². The molecule has 0 fully saturated rings. The Morgan fingerprint density at radius 2 is 2.00 bits per heavy atom. The van der Waals surface area contributed by atoms with E-state index < -0.39 is 0 Å². The Morgan fingerprint density at radius 1 is 1.32 bits per heavy atom. The van der Waals surface area contributed by atoms with Crippen LogP contribution >= 0.6 is 15.9 Å². The molecule has 0 radical (unpaired) electrons. The fourth-order valence-corrected chi connectivity index (χ4v) is 2.13. The minimum Gasteiger partial charge on any atom is -0.472 e. The summed E-state index contributed by atoms with van der Waals surface area (Å²) in [5.74, 6) is 0.124. The zero-order valence-corrected chi connectivity index (χ0v) is 12.6. The molecule has 0 aliphatic rings. The monoisotopic (exact) mass is 321 g/mol. The predicted molar refractivity (Wildman–Crippen MR) is 78.1 cm³/mol. The van der Waals surface area contributed by atoms with E-state index in [2.05, 4.69) is 15.9 Å². The van der Waals surface area contributed by atoms with Crippen LogP contribution in [0.4, 0.5) is 0 Å². The molecular weight excluding hydrogens is 306 g/mol. The molecule has 0 aliphatic heterocycles. The van der Waals surface area contributed by atoms with Crippen molar-refractivity contribution in [3.63, 3.8) is 0 Å². The molecule has 1 atom stereocenters. The van der Waals surface area contributed by atoms with Crippen molar-refractivity contribution in [1.29, 1.82) is 0 Å². The fourth-order valence-electron chi connectivity index (χ4n) is 1.86. The summed E-state index contributed by atoms with van der Waals surface area (Å²) in [6, 6.07) is 9.19. The lowest BCUT2D eigenvalue weighted by Gasteiger charge is -2.23. The van der Waals surface area contributed by atoms with Crippen LogP contribution in [-0.2, 0) is 6.54 Å². The Hall–Kier alpha value is -1.39. The van der Waals surface area contributed by atoms with E-state index in [4.69, 9.17) is 4.42 Å². The van der Waals surface area contributed by atoms with Gasteiger partial charge in [-0.25, -0.2) is 0 Å². The number of ketones is 1. The van der Waals surface area contributed by atoms with Gasteiger partial charge in [-0.05, 0) is 32.2 Å². The second-order valence-corrected chi connectivity index (χ2v) is 5.51. The van der Waals surface area contributed by atoms with E-state index in [1.807, 2.05) is 49.2 Å². The lowest BCUT2D eigenvalue weighted by atomic mass is 10.0. The number of hydrogen-bond donors (Lipinski definition) is 0. The molecule has 4 heteroatoms. The van der Waals surface area contributed by atoms with Gasteiger partial charge in [0, 0.05) is 22.1 Å². The highest BCUT2D eigenvalue weighted by Gasteiger charge is 2.19. The molecule has 1 aromatic carbocycles.